The van der Waals surface area contributed by atoms with Crippen LogP contribution in [0.15, 0.2) is 41.5 Å². The maximum atomic E-state index is 5.22. The van der Waals surface area contributed by atoms with Gasteiger partial charge in [0.1, 0.15) is 0 Å². The number of aliphatic imine (C=N–C) groups is 1. The summed E-state index contributed by atoms with van der Waals surface area (Å²) in [6.07, 6.45) is 11.3. The van der Waals surface area contributed by atoms with Crippen LogP contribution in [0.25, 0.3) is 0 Å². The molecular weight excluding hydrogens is 208 g/mol. The van der Waals surface area contributed by atoms with Gasteiger partial charge in [-0.1, -0.05) is 38.3 Å². The first-order chi connectivity index (χ1) is 8.36. The summed E-state index contributed by atoms with van der Waals surface area (Å²) in [6, 6.07) is 8.42. The zero-order chi connectivity index (χ0) is 12.3. The highest BCUT2D eigenvalue weighted by atomic mass is 14.7. The maximum Gasteiger partial charge on any atom is 0.0629 e. The second-order valence-corrected chi connectivity index (χ2v) is 4.14. The Labute approximate surface area is 104 Å². The Balaban J connectivity index is 2.39. The van der Waals surface area contributed by atoms with Gasteiger partial charge in [-0.25, -0.2) is 0 Å². The fraction of sp³-hybridized carbons (Fsp3) is 0.400. The van der Waals surface area contributed by atoms with Gasteiger partial charge in [0.05, 0.1) is 5.69 Å². The lowest BCUT2D eigenvalue weighted by molar-refractivity contribution is 0.667. The van der Waals surface area contributed by atoms with Crippen LogP contribution >= 0.6 is 0 Å². The first kappa shape index (κ1) is 13.5. The molecule has 0 aromatic heterocycles. The number of hydrogen-bond donors (Lipinski definition) is 1. The summed E-state index contributed by atoms with van der Waals surface area (Å²) in [6.45, 7) is 2.24. The van der Waals surface area contributed by atoms with Crippen molar-refractivity contribution in [2.45, 2.75) is 39.0 Å². The van der Waals surface area contributed by atoms with Crippen LogP contribution in [-0.2, 0) is 6.42 Å². The predicted molar refractivity (Wildman–Crippen MR) is 75.8 cm³/mol. The minimum Gasteiger partial charge on any atom is -0.405 e. The minimum absolute atomic E-state index is 0.973. The zero-order valence-corrected chi connectivity index (χ0v) is 10.6. The lowest BCUT2D eigenvalue weighted by atomic mass is 10.1. The summed E-state index contributed by atoms with van der Waals surface area (Å²) in [5.74, 6) is 0. The van der Waals surface area contributed by atoms with Crippen LogP contribution in [0.1, 0.15) is 38.2 Å². The monoisotopic (exact) mass is 230 g/mol. The van der Waals surface area contributed by atoms with E-state index in [2.05, 4.69) is 36.2 Å². The summed E-state index contributed by atoms with van der Waals surface area (Å²) in [4.78, 5) is 4.25. The van der Waals surface area contributed by atoms with Crippen molar-refractivity contribution in [2.24, 2.45) is 10.7 Å². The molecule has 0 radical (unpaired) electrons. The Hall–Kier alpha value is -1.57. The van der Waals surface area contributed by atoms with Crippen molar-refractivity contribution in [3.8, 4) is 0 Å². The fourth-order valence-electron chi connectivity index (χ4n) is 1.68. The Morgan fingerprint density at radius 2 is 1.88 bits per heavy atom. The van der Waals surface area contributed by atoms with E-state index in [9.17, 15) is 0 Å². The molecule has 0 saturated heterocycles. The molecule has 0 atom stereocenters. The lowest BCUT2D eigenvalue weighted by Gasteiger charge is -2.01. The molecule has 0 amide bonds. The van der Waals surface area contributed by atoms with Gasteiger partial charge in [-0.05, 0) is 42.8 Å². The van der Waals surface area contributed by atoms with E-state index in [1.54, 1.807) is 12.3 Å². The molecule has 0 saturated carbocycles. The molecular formula is C15H22N2. The molecule has 0 aliphatic rings. The lowest BCUT2D eigenvalue weighted by Crippen LogP contribution is -1.85. The van der Waals surface area contributed by atoms with Gasteiger partial charge in [0.15, 0.2) is 0 Å². The number of allylic oxidation sites excluding steroid dienone is 1. The summed E-state index contributed by atoms with van der Waals surface area (Å²) < 4.78 is 0. The quantitative estimate of drug-likeness (QED) is 0.558. The van der Waals surface area contributed by atoms with Gasteiger partial charge in [-0.15, -0.1) is 0 Å². The molecule has 0 bridgehead atoms. The molecule has 0 aliphatic carbocycles. The maximum absolute atomic E-state index is 5.22. The van der Waals surface area contributed by atoms with E-state index in [1.165, 1.54) is 43.9 Å². The van der Waals surface area contributed by atoms with Crippen LogP contribution in [0.4, 0.5) is 5.69 Å². The van der Waals surface area contributed by atoms with Crippen molar-refractivity contribution in [3.05, 3.63) is 42.1 Å². The summed E-state index contributed by atoms with van der Waals surface area (Å²) in [5, 5.41) is 0. The Morgan fingerprint density at radius 3 is 2.53 bits per heavy atom. The number of rotatable bonds is 7. The Bertz CT molecular complexity index is 350. The molecule has 1 aromatic carbocycles. The molecule has 0 unspecified atom stereocenters. The molecule has 92 valence electrons. The average molecular weight is 230 g/mol. The van der Waals surface area contributed by atoms with Gasteiger partial charge >= 0.3 is 0 Å². The second-order valence-electron chi connectivity index (χ2n) is 4.14. The molecule has 0 aliphatic heterocycles. The van der Waals surface area contributed by atoms with Gasteiger partial charge in [-0.2, -0.15) is 0 Å². The summed E-state index contributed by atoms with van der Waals surface area (Å²) >= 11 is 0. The topological polar surface area (TPSA) is 38.4 Å². The highest BCUT2D eigenvalue weighted by Gasteiger charge is 1.93. The third-order valence-electron chi connectivity index (χ3n) is 2.68. The molecule has 2 N–H and O–H groups in total. The van der Waals surface area contributed by atoms with E-state index in [0.717, 1.165) is 5.69 Å². The number of benzene rings is 1. The molecule has 1 rings (SSSR count). The third kappa shape index (κ3) is 5.91. The van der Waals surface area contributed by atoms with Crippen LogP contribution in [0.3, 0.4) is 0 Å². The third-order valence-corrected chi connectivity index (χ3v) is 2.68. The number of aryl methyl sites for hydroxylation is 1. The van der Waals surface area contributed by atoms with E-state index in [-0.39, 0.29) is 0 Å². The zero-order valence-electron chi connectivity index (χ0n) is 10.6. The van der Waals surface area contributed by atoms with Crippen molar-refractivity contribution in [1.29, 1.82) is 0 Å². The van der Waals surface area contributed by atoms with Gasteiger partial charge in [0.25, 0.3) is 0 Å². The summed E-state index contributed by atoms with van der Waals surface area (Å²) in [7, 11) is 0. The molecule has 0 spiro atoms. The first-order valence-electron chi connectivity index (χ1n) is 6.36. The predicted octanol–water partition coefficient (Wildman–Crippen LogP) is 3.98. The van der Waals surface area contributed by atoms with Gasteiger partial charge in [0.2, 0.25) is 0 Å². The van der Waals surface area contributed by atoms with E-state index in [4.69, 9.17) is 5.73 Å². The Morgan fingerprint density at radius 1 is 1.12 bits per heavy atom. The minimum atomic E-state index is 0.973. The van der Waals surface area contributed by atoms with Crippen molar-refractivity contribution in [1.82, 2.24) is 0 Å². The number of unbranched alkanes of at least 4 members (excludes halogenated alkanes) is 3. The molecule has 2 nitrogen and oxygen atoms in total. The molecule has 0 heterocycles. The van der Waals surface area contributed by atoms with E-state index in [0.29, 0.717) is 0 Å². The van der Waals surface area contributed by atoms with Crippen molar-refractivity contribution < 1.29 is 0 Å². The van der Waals surface area contributed by atoms with Crippen molar-refractivity contribution in [2.75, 3.05) is 0 Å². The van der Waals surface area contributed by atoms with Crippen LogP contribution < -0.4 is 5.73 Å². The summed E-state index contributed by atoms with van der Waals surface area (Å²) in [5.41, 5.74) is 7.59. The van der Waals surface area contributed by atoms with Crippen molar-refractivity contribution >= 4 is 11.9 Å². The van der Waals surface area contributed by atoms with Gasteiger partial charge < -0.3 is 5.73 Å². The first-order valence-corrected chi connectivity index (χ1v) is 6.36. The second kappa shape index (κ2) is 8.57. The van der Waals surface area contributed by atoms with Gasteiger partial charge in [0, 0.05) is 6.21 Å². The average Bonchev–Trinajstić information content (AvgIpc) is 2.37. The fourth-order valence-corrected chi connectivity index (χ4v) is 1.68. The molecule has 2 heteroatoms. The van der Waals surface area contributed by atoms with E-state index < -0.39 is 0 Å². The van der Waals surface area contributed by atoms with E-state index >= 15 is 0 Å². The van der Waals surface area contributed by atoms with Gasteiger partial charge in [-0.3, -0.25) is 4.99 Å². The number of nitrogens with zero attached hydrogens (tertiary/aromatic N) is 1. The number of nitrogens with two attached hydrogens (primary N) is 1. The molecule has 1 aromatic rings. The van der Waals surface area contributed by atoms with Crippen LogP contribution in [0.5, 0.6) is 0 Å². The highest BCUT2D eigenvalue weighted by Crippen LogP contribution is 2.14. The SMILES string of the molecule is CCCCCCc1ccc(N=CC=CN)cc1. The van der Waals surface area contributed by atoms with Crippen molar-refractivity contribution in [3.63, 3.8) is 0 Å². The molecule has 17 heavy (non-hydrogen) atoms. The largest absolute Gasteiger partial charge is 0.405 e. The van der Waals surface area contributed by atoms with Crippen LogP contribution in [0.2, 0.25) is 0 Å². The van der Waals surface area contributed by atoms with Crippen LogP contribution in [0, 0.1) is 0 Å². The van der Waals surface area contributed by atoms with E-state index in [1.807, 2.05) is 0 Å². The highest BCUT2D eigenvalue weighted by molar-refractivity contribution is 5.74. The number of hydrogen-bond acceptors (Lipinski definition) is 2. The standard InChI is InChI=1S/C15H22N2/c1-2-3-4-5-7-14-8-10-15(11-9-14)17-13-6-12-16/h6,8-13H,2-5,7,16H2,1H3. The Kier molecular flexibility index (Phi) is 6.80. The normalized spacial score (nSPS) is 11.6. The van der Waals surface area contributed by atoms with Crippen LogP contribution in [-0.4, -0.2) is 6.21 Å². The smallest absolute Gasteiger partial charge is 0.0629 e. The molecule has 0 fully saturated rings.